The molecule has 0 amide bonds. The van der Waals surface area contributed by atoms with Gasteiger partial charge in [0.05, 0.1) is 30.5 Å². The van der Waals surface area contributed by atoms with Gasteiger partial charge in [-0.25, -0.2) is 0 Å². The number of ether oxygens (including phenoxy) is 4. The molecular formula is C42H70O13. The smallest absolute Gasteiger partial charge is 0.187 e. The maximum absolute atomic E-state index is 13.8. The van der Waals surface area contributed by atoms with Crippen LogP contribution in [0.25, 0.3) is 0 Å². The minimum atomic E-state index is -1.71. The van der Waals surface area contributed by atoms with Gasteiger partial charge in [0.2, 0.25) is 0 Å². The Bertz CT molecular complexity index is 1430. The summed E-state index contributed by atoms with van der Waals surface area (Å²) in [7, 11) is 0. The topological polar surface area (TPSA) is 216 Å². The fourth-order valence-electron chi connectivity index (χ4n) is 13.1. The minimum Gasteiger partial charge on any atom is -0.394 e. The molecule has 13 nitrogen and oxygen atoms in total. The zero-order valence-corrected chi connectivity index (χ0v) is 34.3. The van der Waals surface area contributed by atoms with Gasteiger partial charge in [0.1, 0.15) is 48.5 Å². The van der Waals surface area contributed by atoms with Crippen molar-refractivity contribution in [1.82, 2.24) is 0 Å². The fraction of sp³-hybridized carbons (Fsp3) is 0.929. The van der Waals surface area contributed by atoms with E-state index in [1.807, 2.05) is 34.6 Å². The van der Waals surface area contributed by atoms with Crippen molar-refractivity contribution >= 4 is 5.78 Å². The Kier molecular flexibility index (Phi) is 12.0. The number of hydrogen-bond donors (Lipinski definition) is 8. The highest BCUT2D eigenvalue weighted by Gasteiger charge is 2.73. The van der Waals surface area contributed by atoms with Crippen LogP contribution >= 0.6 is 0 Å². The first-order chi connectivity index (χ1) is 25.5. The Hall–Kier alpha value is -1.07. The summed E-state index contributed by atoms with van der Waals surface area (Å²) in [5, 5.41) is 88.7. The van der Waals surface area contributed by atoms with E-state index in [0.29, 0.717) is 32.1 Å². The van der Waals surface area contributed by atoms with Crippen molar-refractivity contribution in [1.29, 1.82) is 0 Å². The number of allylic oxidation sites excluding steroid dienone is 2. The van der Waals surface area contributed by atoms with Crippen LogP contribution in [0.3, 0.4) is 0 Å². The van der Waals surface area contributed by atoms with Crippen LogP contribution < -0.4 is 0 Å². The average Bonchev–Trinajstić information content (AvgIpc) is 3.49. The first kappa shape index (κ1) is 43.5. The van der Waals surface area contributed by atoms with Gasteiger partial charge in [-0.1, -0.05) is 46.3 Å². The standard InChI is InChI=1S/C42H70O13/c1-20(2)11-10-14-42(9,51)22-12-16-40(7)28(22)23(44)17-26-39(6)15-13-27(45)38(4,5)35(39)24(18-41(26,40)8)53-37-34(32(49)30(47)25(19-43)54-37)55-36-33(50)31(48)29(46)21(3)52-36/h11,21-26,28-37,43-44,46-51H,10,12-19H2,1-9H3/t21-,22-,23+,24-,25+,26+,28-,29-,30+,31+,32-,33+,34+,35-,36-,37+,39+,40+,41+,42-/m0/s1. The van der Waals surface area contributed by atoms with Crippen molar-refractivity contribution in [2.24, 2.45) is 45.3 Å². The van der Waals surface area contributed by atoms with Crippen LogP contribution in [0.2, 0.25) is 0 Å². The zero-order chi connectivity index (χ0) is 40.8. The van der Waals surface area contributed by atoms with Gasteiger partial charge in [-0.15, -0.1) is 0 Å². The molecule has 2 heterocycles. The molecule has 6 fully saturated rings. The Morgan fingerprint density at radius 2 is 1.56 bits per heavy atom. The molecular weight excluding hydrogens is 712 g/mol. The summed E-state index contributed by atoms with van der Waals surface area (Å²) in [6.45, 7) is 17.5. The molecule has 0 aromatic rings. The quantitative estimate of drug-likeness (QED) is 0.125. The molecule has 4 aliphatic carbocycles. The summed E-state index contributed by atoms with van der Waals surface area (Å²) >= 11 is 0. The van der Waals surface area contributed by atoms with Gasteiger partial charge >= 0.3 is 0 Å². The Morgan fingerprint density at radius 1 is 0.891 bits per heavy atom. The predicted octanol–water partition coefficient (Wildman–Crippen LogP) is 2.36. The third kappa shape index (κ3) is 7.01. The number of Topliss-reactive ketones (excluding diaryl/α,β-unsaturated/α-hetero) is 1. The van der Waals surface area contributed by atoms with Crippen molar-refractivity contribution in [3.63, 3.8) is 0 Å². The molecule has 0 bridgehead atoms. The van der Waals surface area contributed by atoms with Crippen LogP contribution in [0.4, 0.5) is 0 Å². The summed E-state index contributed by atoms with van der Waals surface area (Å²) in [4.78, 5) is 13.8. The summed E-state index contributed by atoms with van der Waals surface area (Å²) in [5.74, 6) is -0.599. The van der Waals surface area contributed by atoms with Gasteiger partial charge < -0.3 is 59.8 Å². The van der Waals surface area contributed by atoms with Crippen molar-refractivity contribution < 1.29 is 64.6 Å². The lowest BCUT2D eigenvalue weighted by molar-refractivity contribution is -0.379. The highest BCUT2D eigenvalue weighted by atomic mass is 16.8. The van der Waals surface area contributed by atoms with Gasteiger partial charge in [-0.3, -0.25) is 4.79 Å². The highest BCUT2D eigenvalue weighted by molar-refractivity contribution is 5.85. The molecule has 20 atom stereocenters. The third-order valence-electron chi connectivity index (χ3n) is 16.2. The van der Waals surface area contributed by atoms with E-state index in [2.05, 4.69) is 26.8 Å². The molecule has 0 aromatic carbocycles. The molecule has 55 heavy (non-hydrogen) atoms. The molecule has 0 radical (unpaired) electrons. The molecule has 316 valence electrons. The summed E-state index contributed by atoms with van der Waals surface area (Å²) in [5.41, 5.74) is -2.04. The Balaban J connectivity index is 1.39. The lowest BCUT2D eigenvalue weighted by atomic mass is 9.34. The molecule has 6 rings (SSSR count). The van der Waals surface area contributed by atoms with Crippen LogP contribution in [-0.2, 0) is 23.7 Å². The fourth-order valence-corrected chi connectivity index (χ4v) is 13.1. The molecule has 6 aliphatic rings. The van der Waals surface area contributed by atoms with E-state index in [9.17, 15) is 45.6 Å². The molecule has 0 aromatic heterocycles. The molecule has 0 unspecified atom stereocenters. The number of rotatable bonds is 9. The molecule has 8 N–H and O–H groups in total. The van der Waals surface area contributed by atoms with Gasteiger partial charge in [-0.05, 0) is 107 Å². The number of hydrogen-bond acceptors (Lipinski definition) is 13. The van der Waals surface area contributed by atoms with Gasteiger partial charge in [0, 0.05) is 17.8 Å². The second-order valence-corrected chi connectivity index (χ2v) is 20.0. The normalized spacial score (nSPS) is 52.1. The SMILES string of the molecule is CC(C)=CCC[C@](C)(O)[C@H]1CC[C@]2(C)[C@@H]1[C@H](O)C[C@@H]1[C@@]3(C)CCC(=O)C(C)(C)[C@@H]3[C@@H](O[C@@H]3O[C@H](CO)[C@@H](O)[C@H](O)[C@H]3O[C@@H]3O[C@@H](C)[C@H](O)[C@@H](O)[C@H]3O)C[C@]12C. The maximum atomic E-state index is 13.8. The van der Waals surface area contributed by atoms with E-state index in [-0.39, 0.29) is 29.5 Å². The lowest BCUT2D eigenvalue weighted by Gasteiger charge is -2.71. The number of fused-ring (bicyclic) bond motifs is 5. The number of aliphatic hydroxyl groups is 8. The monoisotopic (exact) mass is 782 g/mol. The molecule has 13 heteroatoms. The first-order valence-corrected chi connectivity index (χ1v) is 20.7. The summed E-state index contributed by atoms with van der Waals surface area (Å²) in [6, 6.07) is 0. The molecule has 2 saturated heterocycles. The third-order valence-corrected chi connectivity index (χ3v) is 16.2. The largest absolute Gasteiger partial charge is 0.394 e. The van der Waals surface area contributed by atoms with E-state index in [0.717, 1.165) is 19.3 Å². The highest BCUT2D eigenvalue weighted by Crippen LogP contribution is 2.76. The second-order valence-electron chi connectivity index (χ2n) is 20.0. The van der Waals surface area contributed by atoms with Crippen LogP contribution in [0.1, 0.15) is 114 Å². The van der Waals surface area contributed by atoms with E-state index in [4.69, 9.17) is 18.9 Å². The second kappa shape index (κ2) is 15.2. The maximum Gasteiger partial charge on any atom is 0.187 e. The first-order valence-electron chi connectivity index (χ1n) is 20.7. The van der Waals surface area contributed by atoms with Crippen molar-refractivity contribution in [2.75, 3.05) is 6.61 Å². The predicted molar refractivity (Wildman–Crippen MR) is 200 cm³/mol. The molecule has 2 aliphatic heterocycles. The van der Waals surface area contributed by atoms with Gasteiger partial charge in [0.15, 0.2) is 12.6 Å². The van der Waals surface area contributed by atoms with Crippen LogP contribution in [-0.4, -0.2) is 132 Å². The van der Waals surface area contributed by atoms with E-state index in [1.165, 1.54) is 12.5 Å². The van der Waals surface area contributed by atoms with Crippen LogP contribution in [0.15, 0.2) is 11.6 Å². The Morgan fingerprint density at radius 3 is 2.20 bits per heavy atom. The lowest BCUT2D eigenvalue weighted by Crippen LogP contribution is -2.70. The van der Waals surface area contributed by atoms with E-state index >= 15 is 0 Å². The summed E-state index contributed by atoms with van der Waals surface area (Å²) < 4.78 is 25.0. The van der Waals surface area contributed by atoms with Crippen LogP contribution in [0, 0.1) is 45.3 Å². The van der Waals surface area contributed by atoms with Gasteiger partial charge in [-0.2, -0.15) is 0 Å². The van der Waals surface area contributed by atoms with Crippen molar-refractivity contribution in [3.8, 4) is 0 Å². The van der Waals surface area contributed by atoms with Gasteiger partial charge in [0.25, 0.3) is 0 Å². The number of carbonyl (C=O) groups excluding carboxylic acids is 1. The number of ketones is 1. The van der Waals surface area contributed by atoms with Crippen molar-refractivity contribution in [2.45, 2.75) is 193 Å². The van der Waals surface area contributed by atoms with Crippen LogP contribution in [0.5, 0.6) is 0 Å². The number of aliphatic hydroxyl groups excluding tert-OH is 7. The average molecular weight is 783 g/mol. The minimum absolute atomic E-state index is 0.0000362. The van der Waals surface area contributed by atoms with E-state index in [1.54, 1.807) is 0 Å². The molecule has 0 spiro atoms. The zero-order valence-electron chi connectivity index (χ0n) is 34.3. The van der Waals surface area contributed by atoms with E-state index < -0.39 is 107 Å². The number of carbonyl (C=O) groups is 1. The molecule has 4 saturated carbocycles. The van der Waals surface area contributed by atoms with Crippen molar-refractivity contribution in [3.05, 3.63) is 11.6 Å². The Labute approximate surface area is 326 Å². The summed E-state index contributed by atoms with van der Waals surface area (Å²) in [6.07, 6.45) is -9.00.